The fourth-order valence-corrected chi connectivity index (χ4v) is 2.71. The molecular weight excluding hydrogens is 312 g/mol. The van der Waals surface area contributed by atoms with Crippen LogP contribution in [0, 0.1) is 5.92 Å². The van der Waals surface area contributed by atoms with Crippen molar-refractivity contribution >= 4 is 46.3 Å². The van der Waals surface area contributed by atoms with Crippen LogP contribution >= 0.6 is 12.2 Å². The topological polar surface area (TPSA) is 77.6 Å². The molecule has 7 heteroatoms. The van der Waals surface area contributed by atoms with Gasteiger partial charge in [-0.05, 0) is 30.3 Å². The molecule has 0 saturated carbocycles. The highest BCUT2D eigenvalue weighted by molar-refractivity contribution is 7.80. The van der Waals surface area contributed by atoms with Crippen LogP contribution in [-0.4, -0.2) is 46.6 Å². The number of carbonyl (C=O) groups excluding carboxylic acids is 2. The Labute approximate surface area is 138 Å². The normalized spacial score (nSPS) is 18.9. The lowest BCUT2D eigenvalue weighted by atomic mass is 10.1. The van der Waals surface area contributed by atoms with E-state index in [0.29, 0.717) is 6.54 Å². The van der Waals surface area contributed by atoms with Crippen LogP contribution in [0.2, 0.25) is 0 Å². The molecule has 0 unspecified atom stereocenters. The van der Waals surface area contributed by atoms with E-state index in [0.717, 1.165) is 17.5 Å². The number of aliphatic imine (C=N–C) groups is 1. The zero-order valence-electron chi connectivity index (χ0n) is 12.6. The van der Waals surface area contributed by atoms with Gasteiger partial charge in [0.15, 0.2) is 11.0 Å². The van der Waals surface area contributed by atoms with E-state index in [2.05, 4.69) is 21.4 Å². The number of aromatic nitrogens is 1. The third-order valence-corrected chi connectivity index (χ3v) is 4.23. The highest BCUT2D eigenvalue weighted by atomic mass is 32.1. The molecule has 1 aromatic heterocycles. The lowest BCUT2D eigenvalue weighted by Gasteiger charge is -2.27. The predicted molar refractivity (Wildman–Crippen MR) is 92.4 cm³/mol. The van der Waals surface area contributed by atoms with Crippen LogP contribution in [0.1, 0.15) is 5.56 Å². The number of carbonyl (C=O) groups is 2. The maximum absolute atomic E-state index is 12.0. The fraction of sp³-hybridized carbons (Fsp3) is 0.250. The molecule has 0 spiro atoms. The van der Waals surface area contributed by atoms with E-state index in [-0.39, 0.29) is 11.0 Å². The largest absolute Gasteiger partial charge is 0.361 e. The molecule has 2 aromatic rings. The number of fused-ring (bicyclic) bond motifs is 1. The van der Waals surface area contributed by atoms with Crippen molar-refractivity contribution in [3.63, 3.8) is 0 Å². The minimum Gasteiger partial charge on any atom is -0.361 e. The number of para-hydroxylation sites is 1. The second kappa shape index (κ2) is 6.29. The smallest absolute Gasteiger partial charge is 0.246 e. The number of amides is 2. The molecule has 2 amide bonds. The SMILES string of the molecule is CN1C(=O)[C@@H](C=NCCc2c[nH]c3ccccc23)C(=O)NC1=S. The van der Waals surface area contributed by atoms with E-state index in [1.165, 1.54) is 23.5 Å². The zero-order chi connectivity index (χ0) is 16.4. The molecule has 1 saturated heterocycles. The average Bonchev–Trinajstić information content (AvgIpc) is 2.95. The first-order chi connectivity index (χ1) is 11.1. The monoisotopic (exact) mass is 328 g/mol. The van der Waals surface area contributed by atoms with Crippen molar-refractivity contribution in [2.24, 2.45) is 10.9 Å². The van der Waals surface area contributed by atoms with Crippen molar-refractivity contribution < 1.29 is 9.59 Å². The number of H-pyrrole nitrogens is 1. The van der Waals surface area contributed by atoms with Gasteiger partial charge in [0.05, 0.1) is 0 Å². The molecule has 0 bridgehead atoms. The Balaban J connectivity index is 1.64. The van der Waals surface area contributed by atoms with Crippen LogP contribution in [0.5, 0.6) is 0 Å². The molecule has 23 heavy (non-hydrogen) atoms. The van der Waals surface area contributed by atoms with E-state index in [1.807, 2.05) is 24.4 Å². The molecule has 118 valence electrons. The summed E-state index contributed by atoms with van der Waals surface area (Å²) in [6.45, 7) is 0.507. The second-order valence-corrected chi connectivity index (χ2v) is 5.72. The molecule has 1 fully saturated rings. The van der Waals surface area contributed by atoms with E-state index in [1.54, 1.807) is 0 Å². The first-order valence-corrected chi connectivity index (χ1v) is 7.66. The summed E-state index contributed by atoms with van der Waals surface area (Å²) >= 11 is 4.89. The van der Waals surface area contributed by atoms with Gasteiger partial charge in [-0.3, -0.25) is 19.5 Å². The highest BCUT2D eigenvalue weighted by Gasteiger charge is 2.35. The summed E-state index contributed by atoms with van der Waals surface area (Å²) in [5, 5.41) is 3.78. The van der Waals surface area contributed by atoms with Crippen LogP contribution < -0.4 is 5.32 Å². The van der Waals surface area contributed by atoms with Crippen molar-refractivity contribution in [1.29, 1.82) is 0 Å². The Morgan fingerprint density at radius 3 is 2.96 bits per heavy atom. The average molecular weight is 328 g/mol. The Bertz CT molecular complexity index is 811. The van der Waals surface area contributed by atoms with Gasteiger partial charge in [0.25, 0.3) is 0 Å². The Kier molecular flexibility index (Phi) is 4.20. The second-order valence-electron chi connectivity index (χ2n) is 5.33. The molecule has 1 aliphatic heterocycles. The summed E-state index contributed by atoms with van der Waals surface area (Å²) in [6, 6.07) is 8.05. The Morgan fingerprint density at radius 1 is 1.35 bits per heavy atom. The maximum Gasteiger partial charge on any atom is 0.246 e. The molecule has 2 heterocycles. The predicted octanol–water partition coefficient (Wildman–Crippen LogP) is 1.27. The third kappa shape index (κ3) is 3.00. The molecule has 0 aliphatic carbocycles. The molecule has 1 atom stereocenters. The van der Waals surface area contributed by atoms with Crippen LogP contribution in [0.4, 0.5) is 0 Å². The van der Waals surface area contributed by atoms with Gasteiger partial charge in [-0.25, -0.2) is 0 Å². The van der Waals surface area contributed by atoms with Gasteiger partial charge in [-0.1, -0.05) is 18.2 Å². The minimum absolute atomic E-state index is 0.128. The van der Waals surface area contributed by atoms with Crippen LogP contribution in [0.3, 0.4) is 0 Å². The quantitative estimate of drug-likeness (QED) is 0.504. The van der Waals surface area contributed by atoms with Crippen molar-refractivity contribution in [3.05, 3.63) is 36.0 Å². The van der Waals surface area contributed by atoms with Gasteiger partial charge in [0.2, 0.25) is 11.8 Å². The molecule has 3 rings (SSSR count). The van der Waals surface area contributed by atoms with Gasteiger partial charge < -0.3 is 10.3 Å². The van der Waals surface area contributed by atoms with E-state index in [4.69, 9.17) is 12.2 Å². The lowest BCUT2D eigenvalue weighted by molar-refractivity contribution is -0.137. The molecule has 6 nitrogen and oxygen atoms in total. The number of aromatic amines is 1. The van der Waals surface area contributed by atoms with Crippen LogP contribution in [0.25, 0.3) is 10.9 Å². The third-order valence-electron chi connectivity index (χ3n) is 3.85. The molecule has 1 aromatic carbocycles. The maximum atomic E-state index is 12.0. The highest BCUT2D eigenvalue weighted by Crippen LogP contribution is 2.18. The summed E-state index contributed by atoms with van der Waals surface area (Å²) in [6.07, 6.45) is 4.10. The van der Waals surface area contributed by atoms with Gasteiger partial charge in [0, 0.05) is 36.9 Å². The standard InChI is InChI=1S/C16H16N4O2S/c1-20-15(22)12(14(21)19-16(20)23)9-17-7-6-10-8-18-13-5-3-2-4-11(10)13/h2-5,8-9,12,18H,6-7H2,1H3,(H,19,21,23)/t12-/m0/s1. The van der Waals surface area contributed by atoms with Crippen molar-refractivity contribution in [2.45, 2.75) is 6.42 Å². The summed E-state index contributed by atoms with van der Waals surface area (Å²) in [7, 11) is 1.54. The summed E-state index contributed by atoms with van der Waals surface area (Å²) in [5.74, 6) is -1.68. The van der Waals surface area contributed by atoms with E-state index in [9.17, 15) is 9.59 Å². The molecular formula is C16H16N4O2S. The summed E-state index contributed by atoms with van der Waals surface area (Å²) in [5.41, 5.74) is 2.25. The van der Waals surface area contributed by atoms with E-state index >= 15 is 0 Å². The number of hydrogen-bond donors (Lipinski definition) is 2. The summed E-state index contributed by atoms with van der Waals surface area (Å²) in [4.78, 5) is 32.6. The van der Waals surface area contributed by atoms with E-state index < -0.39 is 11.8 Å². The number of rotatable bonds is 4. The zero-order valence-corrected chi connectivity index (χ0v) is 13.4. The summed E-state index contributed by atoms with van der Waals surface area (Å²) < 4.78 is 0. The number of benzene rings is 1. The Hall–Kier alpha value is -2.54. The van der Waals surface area contributed by atoms with Crippen molar-refractivity contribution in [3.8, 4) is 0 Å². The van der Waals surface area contributed by atoms with Gasteiger partial charge in [-0.15, -0.1) is 0 Å². The molecule has 1 aliphatic rings. The van der Waals surface area contributed by atoms with Crippen molar-refractivity contribution in [2.75, 3.05) is 13.6 Å². The van der Waals surface area contributed by atoms with Crippen LogP contribution in [-0.2, 0) is 16.0 Å². The van der Waals surface area contributed by atoms with Gasteiger partial charge in [-0.2, -0.15) is 0 Å². The molecule has 2 N–H and O–H groups in total. The number of nitrogens with zero attached hydrogens (tertiary/aromatic N) is 2. The van der Waals surface area contributed by atoms with Crippen LogP contribution in [0.15, 0.2) is 35.5 Å². The molecule has 0 radical (unpaired) electrons. The number of thiocarbonyl (C=S) groups is 1. The Morgan fingerprint density at radius 2 is 2.13 bits per heavy atom. The fourth-order valence-electron chi connectivity index (χ4n) is 2.52. The van der Waals surface area contributed by atoms with Gasteiger partial charge in [0.1, 0.15) is 0 Å². The lowest BCUT2D eigenvalue weighted by Crippen LogP contribution is -2.56. The number of hydrogen-bond acceptors (Lipinski definition) is 4. The first kappa shape index (κ1) is 15.4. The first-order valence-electron chi connectivity index (χ1n) is 7.25. The van der Waals surface area contributed by atoms with Gasteiger partial charge >= 0.3 is 0 Å². The number of nitrogens with one attached hydrogen (secondary N) is 2. The minimum atomic E-state index is -0.908. The van der Waals surface area contributed by atoms with Crippen molar-refractivity contribution in [1.82, 2.24) is 15.2 Å².